The van der Waals surface area contributed by atoms with E-state index in [0.717, 1.165) is 50.8 Å². The zero-order valence-electron chi connectivity index (χ0n) is 18.9. The van der Waals surface area contributed by atoms with E-state index in [-0.39, 0.29) is 17.3 Å². The molecule has 162 valence electrons. The standard InChI is InChI=1S/C26H30N2O2S/c1-7-18-13-22(26(30)28(5)23(18)12-16(2)3)21-14-20(11-8-17(21)4)27-25(31-6)15-24(29)19-9-10-19/h7-8,11-15,19,27H,2,9-10H2,1,3-6H3/b18-7-,23-12+,25-15-. The SMILES string of the molecule is C=C(C)/C=c1\c(=C/C)cc(-c2cc(N/C(=C/C(=O)C3CC3)SC)ccc2C)c(=O)n1C. The van der Waals surface area contributed by atoms with E-state index in [1.165, 1.54) is 11.8 Å². The Morgan fingerprint density at radius 2 is 1.97 bits per heavy atom. The molecule has 5 heteroatoms. The topological polar surface area (TPSA) is 51.1 Å². The van der Waals surface area contributed by atoms with Gasteiger partial charge in [0, 0.05) is 30.3 Å². The van der Waals surface area contributed by atoms with Gasteiger partial charge in [-0.15, -0.1) is 11.8 Å². The lowest BCUT2D eigenvalue weighted by molar-refractivity contribution is -0.115. The number of aromatic nitrogens is 1. The number of carbonyl (C=O) groups is 1. The van der Waals surface area contributed by atoms with Crippen LogP contribution in [-0.4, -0.2) is 16.6 Å². The molecule has 1 aromatic heterocycles. The van der Waals surface area contributed by atoms with Crippen LogP contribution in [0, 0.1) is 12.8 Å². The van der Waals surface area contributed by atoms with Gasteiger partial charge < -0.3 is 9.88 Å². The monoisotopic (exact) mass is 434 g/mol. The fourth-order valence-corrected chi connectivity index (χ4v) is 3.96. The third-order valence-corrected chi connectivity index (χ3v) is 6.11. The van der Waals surface area contributed by atoms with Crippen molar-refractivity contribution in [2.75, 3.05) is 11.6 Å². The fraction of sp³-hybridized carbons (Fsp3) is 0.308. The molecule has 1 N–H and O–H groups in total. The third-order valence-electron chi connectivity index (χ3n) is 5.45. The van der Waals surface area contributed by atoms with Crippen molar-refractivity contribution in [3.63, 3.8) is 0 Å². The number of rotatable bonds is 7. The molecule has 31 heavy (non-hydrogen) atoms. The quantitative estimate of drug-likeness (QED) is 0.666. The van der Waals surface area contributed by atoms with Crippen LogP contribution in [0.4, 0.5) is 5.69 Å². The van der Waals surface area contributed by atoms with E-state index >= 15 is 0 Å². The number of nitrogens with zero attached hydrogens (tertiary/aromatic N) is 1. The van der Waals surface area contributed by atoms with Crippen LogP contribution >= 0.6 is 11.8 Å². The Morgan fingerprint density at radius 1 is 1.26 bits per heavy atom. The molecule has 1 heterocycles. The molecule has 0 spiro atoms. The number of anilines is 1. The molecule has 0 unspecified atom stereocenters. The average molecular weight is 435 g/mol. The van der Waals surface area contributed by atoms with Crippen molar-refractivity contribution in [3.8, 4) is 11.1 Å². The van der Waals surface area contributed by atoms with E-state index < -0.39 is 0 Å². The van der Waals surface area contributed by atoms with Crippen LogP contribution in [0.15, 0.2) is 52.3 Å². The number of nitrogens with one attached hydrogen (secondary N) is 1. The zero-order chi connectivity index (χ0) is 22.7. The molecule has 0 amide bonds. The van der Waals surface area contributed by atoms with Crippen LogP contribution in [-0.2, 0) is 11.8 Å². The molecule has 1 aliphatic carbocycles. The van der Waals surface area contributed by atoms with Gasteiger partial charge in [-0.05, 0) is 80.5 Å². The smallest absolute Gasteiger partial charge is 0.258 e. The maximum atomic E-state index is 13.2. The maximum absolute atomic E-state index is 13.2. The normalized spacial score (nSPS) is 15.3. The number of aryl methyl sites for hydroxylation is 1. The Bertz CT molecular complexity index is 1250. The van der Waals surface area contributed by atoms with E-state index in [2.05, 4.69) is 11.9 Å². The van der Waals surface area contributed by atoms with Crippen LogP contribution in [0.1, 0.15) is 32.3 Å². The fourth-order valence-electron chi connectivity index (χ4n) is 3.51. The van der Waals surface area contributed by atoms with Crippen LogP contribution < -0.4 is 21.4 Å². The number of hydrogen-bond acceptors (Lipinski definition) is 4. The van der Waals surface area contributed by atoms with Gasteiger partial charge in [0.15, 0.2) is 5.78 Å². The van der Waals surface area contributed by atoms with Crippen molar-refractivity contribution < 1.29 is 4.79 Å². The molecule has 0 aliphatic heterocycles. The van der Waals surface area contributed by atoms with Crippen molar-refractivity contribution in [1.82, 2.24) is 4.57 Å². The molecule has 1 aromatic carbocycles. The highest BCUT2D eigenvalue weighted by molar-refractivity contribution is 8.02. The first-order chi connectivity index (χ1) is 14.7. The lowest BCUT2D eigenvalue weighted by atomic mass is 10.00. The first kappa shape index (κ1) is 22.9. The molecule has 1 aliphatic rings. The number of carbonyl (C=O) groups excluding carboxylic acids is 1. The Balaban J connectivity index is 2.08. The minimum Gasteiger partial charge on any atom is -0.350 e. The highest BCUT2D eigenvalue weighted by Gasteiger charge is 2.28. The van der Waals surface area contributed by atoms with Gasteiger partial charge in [0.05, 0.1) is 10.4 Å². The van der Waals surface area contributed by atoms with Crippen LogP contribution in [0.25, 0.3) is 23.3 Å². The summed E-state index contributed by atoms with van der Waals surface area (Å²) < 4.78 is 1.68. The predicted octanol–water partition coefficient (Wildman–Crippen LogP) is 4.11. The highest BCUT2D eigenvalue weighted by atomic mass is 32.2. The summed E-state index contributed by atoms with van der Waals surface area (Å²) in [6.07, 6.45) is 9.57. The number of benzene rings is 1. The maximum Gasteiger partial charge on any atom is 0.258 e. The zero-order valence-corrected chi connectivity index (χ0v) is 19.7. The van der Waals surface area contributed by atoms with E-state index in [4.69, 9.17) is 0 Å². The summed E-state index contributed by atoms with van der Waals surface area (Å²) in [6.45, 7) is 9.84. The van der Waals surface area contributed by atoms with Gasteiger partial charge >= 0.3 is 0 Å². The van der Waals surface area contributed by atoms with E-state index in [1.807, 2.05) is 63.4 Å². The van der Waals surface area contributed by atoms with Gasteiger partial charge in [-0.1, -0.05) is 24.3 Å². The Hall–Kier alpha value is -2.79. The summed E-state index contributed by atoms with van der Waals surface area (Å²) in [7, 11) is 1.79. The number of pyridine rings is 1. The molecule has 3 rings (SSSR count). The molecule has 0 bridgehead atoms. The average Bonchev–Trinajstić information content (AvgIpc) is 3.58. The summed E-state index contributed by atoms with van der Waals surface area (Å²) in [4.78, 5) is 25.4. The van der Waals surface area contributed by atoms with E-state index in [1.54, 1.807) is 17.7 Å². The molecular formula is C26H30N2O2S. The first-order valence-corrected chi connectivity index (χ1v) is 11.7. The third kappa shape index (κ3) is 5.28. The highest BCUT2D eigenvalue weighted by Crippen LogP contribution is 2.32. The molecule has 0 atom stereocenters. The Labute approximate surface area is 188 Å². The summed E-state index contributed by atoms with van der Waals surface area (Å²) in [5, 5.41) is 5.99. The lowest BCUT2D eigenvalue weighted by Crippen LogP contribution is -2.42. The van der Waals surface area contributed by atoms with E-state index in [9.17, 15) is 9.59 Å². The van der Waals surface area contributed by atoms with Crippen molar-refractivity contribution in [1.29, 1.82) is 0 Å². The second kappa shape index (κ2) is 9.56. The van der Waals surface area contributed by atoms with Gasteiger partial charge in [-0.3, -0.25) is 9.59 Å². The minimum absolute atomic E-state index is 0.0529. The molecule has 2 aromatic rings. The van der Waals surface area contributed by atoms with Crippen LogP contribution in [0.3, 0.4) is 0 Å². The molecule has 1 saturated carbocycles. The summed E-state index contributed by atoms with van der Waals surface area (Å²) in [5.74, 6) is 0.379. The first-order valence-electron chi connectivity index (χ1n) is 10.5. The lowest BCUT2D eigenvalue weighted by Gasteiger charge is -2.13. The molecule has 0 radical (unpaired) electrons. The van der Waals surface area contributed by atoms with Crippen molar-refractivity contribution in [3.05, 3.63) is 74.0 Å². The molecular weight excluding hydrogens is 404 g/mol. The summed E-state index contributed by atoms with van der Waals surface area (Å²) >= 11 is 1.51. The second-order valence-corrected chi connectivity index (χ2v) is 8.93. The van der Waals surface area contributed by atoms with Crippen molar-refractivity contribution >= 4 is 35.4 Å². The van der Waals surface area contributed by atoms with Gasteiger partial charge in [0.1, 0.15) is 0 Å². The Morgan fingerprint density at radius 3 is 2.55 bits per heavy atom. The number of hydrogen-bond donors (Lipinski definition) is 1. The van der Waals surface area contributed by atoms with Gasteiger partial charge in [0.2, 0.25) is 0 Å². The summed E-state index contributed by atoms with van der Waals surface area (Å²) in [5.41, 5.74) is 4.24. The minimum atomic E-state index is -0.0529. The van der Waals surface area contributed by atoms with Gasteiger partial charge in [-0.2, -0.15) is 0 Å². The van der Waals surface area contributed by atoms with Crippen molar-refractivity contribution in [2.45, 2.75) is 33.6 Å². The predicted molar refractivity (Wildman–Crippen MR) is 133 cm³/mol. The van der Waals surface area contributed by atoms with Crippen LogP contribution in [0.2, 0.25) is 0 Å². The molecule has 0 saturated heterocycles. The second-order valence-electron chi connectivity index (χ2n) is 8.09. The number of ketones is 1. The largest absolute Gasteiger partial charge is 0.350 e. The van der Waals surface area contributed by atoms with Gasteiger partial charge in [0.25, 0.3) is 5.56 Å². The van der Waals surface area contributed by atoms with Crippen molar-refractivity contribution in [2.24, 2.45) is 13.0 Å². The van der Waals surface area contributed by atoms with Crippen LogP contribution in [0.5, 0.6) is 0 Å². The molecule has 4 nitrogen and oxygen atoms in total. The number of thioether (sulfide) groups is 1. The number of allylic oxidation sites excluding steroid dienone is 2. The van der Waals surface area contributed by atoms with E-state index in [0.29, 0.717) is 5.56 Å². The van der Waals surface area contributed by atoms with Gasteiger partial charge in [-0.25, -0.2) is 0 Å². The molecule has 1 fully saturated rings. The Kier molecular flexibility index (Phi) is 7.06. The summed E-state index contributed by atoms with van der Waals surface area (Å²) in [6, 6.07) is 7.91.